The van der Waals surface area contributed by atoms with Crippen molar-refractivity contribution in [3.63, 3.8) is 0 Å². The van der Waals surface area contributed by atoms with Crippen molar-refractivity contribution in [2.45, 2.75) is 26.3 Å². The summed E-state index contributed by atoms with van der Waals surface area (Å²) >= 11 is 0. The van der Waals surface area contributed by atoms with Gasteiger partial charge in [-0.3, -0.25) is 11.3 Å². The number of nitrogens with two attached hydrogens (primary N) is 1. The molecular weight excluding hydrogens is 176 g/mol. The van der Waals surface area contributed by atoms with E-state index in [-0.39, 0.29) is 6.04 Å². The Balaban J connectivity index is 3.08. The number of rotatable bonds is 4. The average molecular weight is 194 g/mol. The first-order chi connectivity index (χ1) is 6.72. The van der Waals surface area contributed by atoms with Crippen LogP contribution in [-0.4, -0.2) is 7.11 Å². The highest BCUT2D eigenvalue weighted by Gasteiger charge is 2.12. The molecule has 0 radical (unpaired) electrons. The Labute approximate surface area is 85.2 Å². The van der Waals surface area contributed by atoms with E-state index in [9.17, 15) is 0 Å². The van der Waals surface area contributed by atoms with Gasteiger partial charge in [0.1, 0.15) is 5.75 Å². The van der Waals surface area contributed by atoms with Crippen molar-refractivity contribution in [2.24, 2.45) is 5.84 Å². The van der Waals surface area contributed by atoms with Gasteiger partial charge < -0.3 is 4.74 Å². The molecule has 0 spiro atoms. The first-order valence-electron chi connectivity index (χ1n) is 4.83. The summed E-state index contributed by atoms with van der Waals surface area (Å²) in [4.78, 5) is 0. The number of hydrogen-bond acceptors (Lipinski definition) is 3. The van der Waals surface area contributed by atoms with Gasteiger partial charge in [0.05, 0.1) is 7.11 Å². The number of ether oxygens (including phenoxy) is 1. The minimum atomic E-state index is 0.157. The molecule has 0 aliphatic rings. The number of hydrogen-bond donors (Lipinski definition) is 2. The van der Waals surface area contributed by atoms with E-state index in [1.54, 1.807) is 7.11 Å². The molecule has 1 atom stereocenters. The van der Waals surface area contributed by atoms with Gasteiger partial charge in [0.2, 0.25) is 0 Å². The summed E-state index contributed by atoms with van der Waals surface area (Å²) in [6, 6.07) is 6.27. The third-order valence-corrected chi connectivity index (χ3v) is 2.37. The number of benzene rings is 1. The summed E-state index contributed by atoms with van der Waals surface area (Å²) in [5.74, 6) is 6.37. The van der Waals surface area contributed by atoms with Gasteiger partial charge in [0.25, 0.3) is 0 Å². The maximum atomic E-state index is 5.48. The Morgan fingerprint density at radius 3 is 2.71 bits per heavy atom. The van der Waals surface area contributed by atoms with Crippen LogP contribution in [-0.2, 0) is 0 Å². The minimum absolute atomic E-state index is 0.157. The van der Waals surface area contributed by atoms with Crippen LogP contribution in [0.3, 0.4) is 0 Å². The second-order valence-electron chi connectivity index (χ2n) is 3.37. The number of nitrogens with one attached hydrogen (secondary N) is 1. The van der Waals surface area contributed by atoms with Crippen LogP contribution in [0, 0.1) is 6.92 Å². The van der Waals surface area contributed by atoms with E-state index in [2.05, 4.69) is 25.3 Å². The van der Waals surface area contributed by atoms with E-state index in [1.165, 1.54) is 5.56 Å². The normalized spacial score (nSPS) is 12.6. The van der Waals surface area contributed by atoms with E-state index >= 15 is 0 Å². The topological polar surface area (TPSA) is 47.3 Å². The number of methoxy groups -OCH3 is 1. The Morgan fingerprint density at radius 1 is 1.50 bits per heavy atom. The molecule has 0 aliphatic carbocycles. The molecule has 14 heavy (non-hydrogen) atoms. The zero-order valence-corrected chi connectivity index (χ0v) is 9.00. The van der Waals surface area contributed by atoms with Crippen molar-refractivity contribution in [1.29, 1.82) is 0 Å². The highest BCUT2D eigenvalue weighted by molar-refractivity contribution is 5.39. The number of hydrazine groups is 1. The molecule has 0 saturated carbocycles. The van der Waals surface area contributed by atoms with Gasteiger partial charge in [-0.1, -0.05) is 24.6 Å². The molecule has 0 saturated heterocycles. The molecule has 1 aromatic carbocycles. The van der Waals surface area contributed by atoms with Gasteiger partial charge in [-0.25, -0.2) is 0 Å². The molecule has 0 amide bonds. The fourth-order valence-electron chi connectivity index (χ4n) is 1.55. The lowest BCUT2D eigenvalue weighted by atomic mass is 10.0. The van der Waals surface area contributed by atoms with Gasteiger partial charge in [-0.2, -0.15) is 0 Å². The van der Waals surface area contributed by atoms with Crippen LogP contribution in [0.2, 0.25) is 0 Å². The maximum Gasteiger partial charge on any atom is 0.123 e. The summed E-state index contributed by atoms with van der Waals surface area (Å²) in [7, 11) is 1.68. The Bertz CT molecular complexity index is 295. The Hall–Kier alpha value is -1.06. The molecule has 1 rings (SSSR count). The van der Waals surface area contributed by atoms with Crippen molar-refractivity contribution < 1.29 is 4.74 Å². The predicted octanol–water partition coefficient (Wildman–Crippen LogP) is 1.92. The minimum Gasteiger partial charge on any atom is -0.496 e. The molecule has 3 nitrogen and oxygen atoms in total. The molecule has 0 fully saturated rings. The second-order valence-corrected chi connectivity index (χ2v) is 3.37. The third kappa shape index (κ3) is 2.25. The van der Waals surface area contributed by atoms with Crippen LogP contribution in [0.25, 0.3) is 0 Å². The predicted molar refractivity (Wildman–Crippen MR) is 58.1 cm³/mol. The summed E-state index contributed by atoms with van der Waals surface area (Å²) in [5, 5.41) is 0. The summed E-state index contributed by atoms with van der Waals surface area (Å²) in [6.07, 6.45) is 0.941. The van der Waals surface area contributed by atoms with E-state index in [0.717, 1.165) is 17.7 Å². The zero-order valence-electron chi connectivity index (χ0n) is 9.00. The van der Waals surface area contributed by atoms with Crippen LogP contribution >= 0.6 is 0 Å². The first-order valence-corrected chi connectivity index (χ1v) is 4.83. The fourth-order valence-corrected chi connectivity index (χ4v) is 1.55. The number of aryl methyl sites for hydroxylation is 1. The maximum absolute atomic E-state index is 5.48. The van der Waals surface area contributed by atoms with Crippen molar-refractivity contribution in [3.8, 4) is 5.75 Å². The molecule has 3 N–H and O–H groups in total. The van der Waals surface area contributed by atoms with Crippen LogP contribution in [0.5, 0.6) is 5.75 Å². The molecular formula is C11H18N2O. The van der Waals surface area contributed by atoms with E-state index in [1.807, 2.05) is 12.1 Å². The van der Waals surface area contributed by atoms with Gasteiger partial charge in [0, 0.05) is 11.6 Å². The van der Waals surface area contributed by atoms with Gasteiger partial charge in [0.15, 0.2) is 0 Å². The molecule has 3 heteroatoms. The fraction of sp³-hybridized carbons (Fsp3) is 0.455. The Kier molecular flexibility index (Phi) is 3.92. The van der Waals surface area contributed by atoms with E-state index in [0.29, 0.717) is 0 Å². The average Bonchev–Trinajstić information content (AvgIpc) is 2.20. The van der Waals surface area contributed by atoms with Crippen molar-refractivity contribution in [1.82, 2.24) is 5.43 Å². The Morgan fingerprint density at radius 2 is 2.21 bits per heavy atom. The van der Waals surface area contributed by atoms with Crippen LogP contribution in [0.1, 0.15) is 30.5 Å². The van der Waals surface area contributed by atoms with Crippen LogP contribution < -0.4 is 16.0 Å². The SMILES string of the molecule is CCC(NN)c1cc(C)ccc1OC. The quantitative estimate of drug-likeness (QED) is 0.568. The first kappa shape index (κ1) is 11.0. The highest BCUT2D eigenvalue weighted by atomic mass is 16.5. The van der Waals surface area contributed by atoms with Gasteiger partial charge >= 0.3 is 0 Å². The molecule has 0 heterocycles. The summed E-state index contributed by atoms with van der Waals surface area (Å²) < 4.78 is 5.29. The van der Waals surface area contributed by atoms with E-state index in [4.69, 9.17) is 10.6 Å². The second kappa shape index (κ2) is 4.98. The van der Waals surface area contributed by atoms with Gasteiger partial charge in [-0.15, -0.1) is 0 Å². The van der Waals surface area contributed by atoms with Crippen molar-refractivity contribution in [3.05, 3.63) is 29.3 Å². The highest BCUT2D eigenvalue weighted by Crippen LogP contribution is 2.27. The molecule has 0 bridgehead atoms. The molecule has 0 aromatic heterocycles. The lowest BCUT2D eigenvalue weighted by molar-refractivity contribution is 0.398. The smallest absolute Gasteiger partial charge is 0.123 e. The molecule has 78 valence electrons. The summed E-state index contributed by atoms with van der Waals surface area (Å²) in [5.41, 5.74) is 5.13. The molecule has 0 aliphatic heterocycles. The van der Waals surface area contributed by atoms with Gasteiger partial charge in [-0.05, 0) is 19.4 Å². The lowest BCUT2D eigenvalue weighted by Crippen LogP contribution is -2.27. The molecule has 1 aromatic rings. The monoisotopic (exact) mass is 194 g/mol. The third-order valence-electron chi connectivity index (χ3n) is 2.37. The summed E-state index contributed by atoms with van der Waals surface area (Å²) in [6.45, 7) is 4.15. The lowest BCUT2D eigenvalue weighted by Gasteiger charge is -2.17. The van der Waals surface area contributed by atoms with Crippen LogP contribution in [0.4, 0.5) is 0 Å². The zero-order chi connectivity index (χ0) is 10.6. The van der Waals surface area contributed by atoms with Crippen molar-refractivity contribution in [2.75, 3.05) is 7.11 Å². The molecule has 1 unspecified atom stereocenters. The standard InChI is InChI=1S/C11H18N2O/c1-4-10(13-12)9-7-8(2)5-6-11(9)14-3/h5-7,10,13H,4,12H2,1-3H3. The van der Waals surface area contributed by atoms with Crippen molar-refractivity contribution >= 4 is 0 Å². The van der Waals surface area contributed by atoms with E-state index < -0.39 is 0 Å². The van der Waals surface area contributed by atoms with Crippen LogP contribution in [0.15, 0.2) is 18.2 Å². The largest absolute Gasteiger partial charge is 0.496 e.